The van der Waals surface area contributed by atoms with Crippen molar-refractivity contribution in [2.24, 2.45) is 5.73 Å². The minimum atomic E-state index is -0.760. The Labute approximate surface area is 231 Å². The number of hydrogen-bond donors (Lipinski definition) is 3. The lowest BCUT2D eigenvalue weighted by Gasteiger charge is -2.19. The van der Waals surface area contributed by atoms with Gasteiger partial charge in [-0.2, -0.15) is 5.26 Å². The van der Waals surface area contributed by atoms with Gasteiger partial charge in [-0.25, -0.2) is 4.39 Å². The van der Waals surface area contributed by atoms with Gasteiger partial charge in [0.25, 0.3) is 5.91 Å². The first-order valence-corrected chi connectivity index (χ1v) is 12.4. The van der Waals surface area contributed by atoms with Crippen molar-refractivity contribution in [1.82, 2.24) is 5.32 Å². The summed E-state index contributed by atoms with van der Waals surface area (Å²) in [4.78, 5) is 25.0. The van der Waals surface area contributed by atoms with Crippen molar-refractivity contribution in [3.05, 3.63) is 85.6 Å². The summed E-state index contributed by atoms with van der Waals surface area (Å²) in [6, 6.07) is 13.7. The maximum atomic E-state index is 15.3. The number of rotatable bonds is 8. The number of ether oxygens (including phenoxy) is 1. The average molecular weight is 608 g/mol. The second-order valence-electron chi connectivity index (χ2n) is 8.83. The van der Waals surface area contributed by atoms with Gasteiger partial charge in [-0.1, -0.05) is 29.3 Å². The quantitative estimate of drug-likeness (QED) is 0.281. The third-order valence-electron chi connectivity index (χ3n) is 4.91. The Morgan fingerprint density at radius 3 is 2.54 bits per heavy atom. The molecular formula is C26H22BrCl2FN4O3. The summed E-state index contributed by atoms with van der Waals surface area (Å²) in [6.45, 7) is 3.83. The maximum Gasteiger partial charge on any atom is 0.251 e. The molecule has 3 rings (SSSR count). The van der Waals surface area contributed by atoms with Crippen LogP contribution in [0, 0.1) is 17.1 Å². The minimum Gasteiger partial charge on any atom is -0.453 e. The Morgan fingerprint density at radius 1 is 1.16 bits per heavy atom. The van der Waals surface area contributed by atoms with E-state index < -0.39 is 17.3 Å². The number of carbonyl (C=O) groups excluding carboxylic acids is 2. The van der Waals surface area contributed by atoms with Crippen LogP contribution >= 0.6 is 39.1 Å². The van der Waals surface area contributed by atoms with Gasteiger partial charge in [0.05, 0.1) is 33.2 Å². The number of benzene rings is 3. The molecule has 4 N–H and O–H groups in total. The van der Waals surface area contributed by atoms with Crippen molar-refractivity contribution in [3.63, 3.8) is 0 Å². The molecule has 0 saturated carbocycles. The van der Waals surface area contributed by atoms with E-state index >= 15 is 4.39 Å². The molecule has 0 spiro atoms. The standard InChI is InChI=1S/C26H22BrCl2FN4O3/c1-26(2,32)13-33-25(36)16-4-6-21(20(29)9-16)34-22(35)10-15-3-5-19(27)24(23(15)30)37-18-8-14(12-31)7-17(28)11-18/h3-9,11H,10,13,32H2,1-2H3,(H,33,36)(H,34,35). The van der Waals surface area contributed by atoms with Gasteiger partial charge in [0.2, 0.25) is 5.91 Å². The van der Waals surface area contributed by atoms with Crippen molar-refractivity contribution in [2.75, 3.05) is 11.9 Å². The van der Waals surface area contributed by atoms with Crippen molar-refractivity contribution in [1.29, 1.82) is 5.26 Å². The normalized spacial score (nSPS) is 11.0. The molecule has 0 bridgehead atoms. The summed E-state index contributed by atoms with van der Waals surface area (Å²) < 4.78 is 21.2. The molecule has 192 valence electrons. The molecular weight excluding hydrogens is 586 g/mol. The van der Waals surface area contributed by atoms with E-state index in [9.17, 15) is 9.59 Å². The van der Waals surface area contributed by atoms with E-state index in [1.165, 1.54) is 42.5 Å². The lowest BCUT2D eigenvalue weighted by molar-refractivity contribution is -0.115. The number of nitrogens with two attached hydrogens (primary N) is 1. The number of nitrogens with one attached hydrogen (secondary N) is 2. The summed E-state index contributed by atoms with van der Waals surface area (Å²) in [5, 5.41) is 14.8. The van der Waals surface area contributed by atoms with Crippen molar-refractivity contribution in [3.8, 4) is 17.6 Å². The molecule has 11 heteroatoms. The van der Waals surface area contributed by atoms with E-state index in [0.717, 1.165) is 0 Å². The molecule has 0 aliphatic carbocycles. The van der Waals surface area contributed by atoms with Crippen LogP contribution in [-0.4, -0.2) is 23.9 Å². The van der Waals surface area contributed by atoms with Gasteiger partial charge in [-0.05, 0) is 72.2 Å². The Bertz CT molecular complexity index is 1400. The fourth-order valence-corrected chi connectivity index (χ4v) is 3.98. The Balaban J connectivity index is 1.73. The second-order valence-corrected chi connectivity index (χ2v) is 10.5. The molecule has 0 atom stereocenters. The molecule has 0 fully saturated rings. The predicted molar refractivity (Wildman–Crippen MR) is 145 cm³/mol. The summed E-state index contributed by atoms with van der Waals surface area (Å²) >= 11 is 15.5. The smallest absolute Gasteiger partial charge is 0.251 e. The highest BCUT2D eigenvalue weighted by Crippen LogP contribution is 2.36. The van der Waals surface area contributed by atoms with Crippen LogP contribution in [0.4, 0.5) is 10.1 Å². The molecule has 7 nitrogen and oxygen atoms in total. The summed E-state index contributed by atoms with van der Waals surface area (Å²) in [5.41, 5.74) is 6.18. The molecule has 0 heterocycles. The number of nitrogens with zero attached hydrogens (tertiary/aromatic N) is 1. The monoisotopic (exact) mass is 606 g/mol. The van der Waals surface area contributed by atoms with Crippen LogP contribution in [0.3, 0.4) is 0 Å². The highest BCUT2D eigenvalue weighted by molar-refractivity contribution is 9.10. The first-order chi connectivity index (χ1) is 17.4. The van der Waals surface area contributed by atoms with Gasteiger partial charge in [0, 0.05) is 28.2 Å². The molecule has 3 aromatic rings. The predicted octanol–water partition coefficient (Wildman–Crippen LogP) is 6.21. The summed E-state index contributed by atoms with van der Waals surface area (Å²) in [5.74, 6) is -1.65. The van der Waals surface area contributed by atoms with E-state index in [0.29, 0.717) is 10.0 Å². The molecule has 37 heavy (non-hydrogen) atoms. The number of hydrogen-bond acceptors (Lipinski definition) is 5. The van der Waals surface area contributed by atoms with Gasteiger partial charge < -0.3 is 21.1 Å². The number of nitriles is 1. The van der Waals surface area contributed by atoms with E-state index in [1.54, 1.807) is 19.9 Å². The van der Waals surface area contributed by atoms with Gasteiger partial charge in [0.15, 0.2) is 11.6 Å². The van der Waals surface area contributed by atoms with Gasteiger partial charge in [0.1, 0.15) is 5.75 Å². The molecule has 0 saturated heterocycles. The zero-order valence-electron chi connectivity index (χ0n) is 19.8. The van der Waals surface area contributed by atoms with Crippen LogP contribution < -0.4 is 21.1 Å². The maximum absolute atomic E-state index is 15.3. The van der Waals surface area contributed by atoms with E-state index in [2.05, 4.69) is 26.6 Å². The fourth-order valence-electron chi connectivity index (χ4n) is 3.14. The highest BCUT2D eigenvalue weighted by Gasteiger charge is 2.19. The average Bonchev–Trinajstić information content (AvgIpc) is 2.82. The van der Waals surface area contributed by atoms with E-state index in [-0.39, 0.29) is 57.2 Å². The van der Waals surface area contributed by atoms with E-state index in [1.807, 2.05) is 6.07 Å². The topological polar surface area (TPSA) is 117 Å². The van der Waals surface area contributed by atoms with Crippen molar-refractivity contribution in [2.45, 2.75) is 25.8 Å². The molecule has 3 aromatic carbocycles. The lowest BCUT2D eigenvalue weighted by atomic mass is 10.1. The molecule has 0 aliphatic rings. The fraction of sp³-hybridized carbons (Fsp3) is 0.192. The third kappa shape index (κ3) is 7.91. The van der Waals surface area contributed by atoms with Crippen molar-refractivity contribution < 1.29 is 18.7 Å². The minimum absolute atomic E-state index is 0.0646. The van der Waals surface area contributed by atoms with Crippen LogP contribution in [0.2, 0.25) is 10.0 Å². The Hall–Kier alpha value is -3.16. The first kappa shape index (κ1) is 28.4. The molecule has 0 unspecified atom stereocenters. The zero-order chi connectivity index (χ0) is 27.3. The molecule has 0 aromatic heterocycles. The third-order valence-corrected chi connectivity index (χ3v) is 6.07. The first-order valence-electron chi connectivity index (χ1n) is 10.9. The Morgan fingerprint density at radius 2 is 1.89 bits per heavy atom. The van der Waals surface area contributed by atoms with Crippen LogP contribution in [0.15, 0.2) is 53.0 Å². The summed E-state index contributed by atoms with van der Waals surface area (Å²) in [6.07, 6.45) is -0.321. The van der Waals surface area contributed by atoms with Crippen LogP contribution in [-0.2, 0) is 11.2 Å². The zero-order valence-corrected chi connectivity index (χ0v) is 22.9. The van der Waals surface area contributed by atoms with Gasteiger partial charge in [-0.15, -0.1) is 0 Å². The number of carbonyl (C=O) groups is 2. The largest absolute Gasteiger partial charge is 0.453 e. The van der Waals surface area contributed by atoms with Crippen LogP contribution in [0.1, 0.15) is 35.3 Å². The van der Waals surface area contributed by atoms with Crippen LogP contribution in [0.25, 0.3) is 0 Å². The summed E-state index contributed by atoms with van der Waals surface area (Å²) in [7, 11) is 0. The van der Waals surface area contributed by atoms with E-state index in [4.69, 9.17) is 38.9 Å². The van der Waals surface area contributed by atoms with Gasteiger partial charge >= 0.3 is 0 Å². The number of amides is 2. The molecule has 0 radical (unpaired) electrons. The number of anilines is 1. The van der Waals surface area contributed by atoms with Crippen molar-refractivity contribution >= 4 is 56.6 Å². The van der Waals surface area contributed by atoms with Crippen LogP contribution in [0.5, 0.6) is 11.5 Å². The lowest BCUT2D eigenvalue weighted by Crippen LogP contribution is -2.45. The van der Waals surface area contributed by atoms with Gasteiger partial charge in [-0.3, -0.25) is 9.59 Å². The SMILES string of the molecule is CC(C)(N)CNC(=O)c1ccc(NC(=O)Cc2ccc(Br)c(Oc3cc(Cl)cc(C#N)c3)c2F)c(Cl)c1. The second kappa shape index (κ2) is 11.9. The Kier molecular flexibility index (Phi) is 9.16. The molecule has 2 amide bonds. The number of halogens is 4. The highest BCUT2D eigenvalue weighted by atomic mass is 79.9. The molecule has 0 aliphatic heterocycles.